The number of aliphatic hydroxyl groups is 2. The Hall–Kier alpha value is -0.800. The minimum absolute atomic E-state index is 0.455. The Morgan fingerprint density at radius 2 is 2.00 bits per heavy atom. The van der Waals surface area contributed by atoms with Crippen LogP contribution in [0.5, 0.6) is 0 Å². The van der Waals surface area contributed by atoms with Crippen LogP contribution in [0.3, 0.4) is 0 Å². The maximum absolute atomic E-state index is 9.54. The van der Waals surface area contributed by atoms with E-state index in [1.807, 2.05) is 6.07 Å². The first-order valence-electron chi connectivity index (χ1n) is 5.60. The van der Waals surface area contributed by atoms with E-state index in [-0.39, 0.29) is 0 Å². The molecule has 0 radical (unpaired) electrons. The van der Waals surface area contributed by atoms with E-state index in [1.54, 1.807) is 13.0 Å². The molecule has 0 unspecified atom stereocenters. The van der Waals surface area contributed by atoms with E-state index in [4.69, 9.17) is 4.42 Å². The molecule has 2 N–H and O–H groups in total. The molecule has 86 valence electrons. The van der Waals surface area contributed by atoms with Gasteiger partial charge in [0.05, 0.1) is 6.10 Å². The van der Waals surface area contributed by atoms with Gasteiger partial charge in [-0.2, -0.15) is 0 Å². The Morgan fingerprint density at radius 3 is 2.60 bits per heavy atom. The second-order valence-electron chi connectivity index (χ2n) is 3.95. The van der Waals surface area contributed by atoms with Crippen molar-refractivity contribution in [3.8, 4) is 0 Å². The average Bonchev–Trinajstić information content (AvgIpc) is 2.65. The van der Waals surface area contributed by atoms with Crippen molar-refractivity contribution in [3.63, 3.8) is 0 Å². The van der Waals surface area contributed by atoms with Crippen molar-refractivity contribution in [1.29, 1.82) is 0 Å². The Labute approximate surface area is 90.7 Å². The van der Waals surface area contributed by atoms with Crippen LogP contribution in [0.1, 0.15) is 50.7 Å². The van der Waals surface area contributed by atoms with Gasteiger partial charge in [-0.1, -0.05) is 19.8 Å². The van der Waals surface area contributed by atoms with Crippen molar-refractivity contribution in [2.24, 2.45) is 0 Å². The molecule has 0 bridgehead atoms. The number of hydrogen-bond donors (Lipinski definition) is 2. The Bertz CT molecular complexity index is 278. The predicted molar refractivity (Wildman–Crippen MR) is 58.6 cm³/mol. The highest BCUT2D eigenvalue weighted by molar-refractivity contribution is 5.10. The third kappa shape index (κ3) is 3.68. The topological polar surface area (TPSA) is 53.6 Å². The molecule has 1 rings (SSSR count). The molecule has 2 atom stereocenters. The SMILES string of the molecule is CCCCCc1ccc([C@H](O)[C@@H](C)O)o1. The van der Waals surface area contributed by atoms with Crippen LogP contribution in [-0.2, 0) is 6.42 Å². The average molecular weight is 212 g/mol. The highest BCUT2D eigenvalue weighted by atomic mass is 16.4. The predicted octanol–water partition coefficient (Wildman–Crippen LogP) is 2.43. The van der Waals surface area contributed by atoms with Gasteiger partial charge in [0.2, 0.25) is 0 Å². The highest BCUT2D eigenvalue weighted by Crippen LogP contribution is 2.20. The molecule has 1 aromatic heterocycles. The van der Waals surface area contributed by atoms with Gasteiger partial charge >= 0.3 is 0 Å². The third-order valence-corrected chi connectivity index (χ3v) is 2.46. The number of rotatable bonds is 6. The molecule has 0 fully saturated rings. The summed E-state index contributed by atoms with van der Waals surface area (Å²) in [5, 5.41) is 18.7. The number of hydrogen-bond acceptors (Lipinski definition) is 3. The number of aryl methyl sites for hydroxylation is 1. The summed E-state index contributed by atoms with van der Waals surface area (Å²) in [6, 6.07) is 3.61. The van der Waals surface area contributed by atoms with Crippen molar-refractivity contribution >= 4 is 0 Å². The molecular weight excluding hydrogens is 192 g/mol. The van der Waals surface area contributed by atoms with Crippen molar-refractivity contribution in [1.82, 2.24) is 0 Å². The molecule has 0 aliphatic rings. The van der Waals surface area contributed by atoms with Gasteiger partial charge in [0.25, 0.3) is 0 Å². The van der Waals surface area contributed by atoms with Gasteiger partial charge in [-0.25, -0.2) is 0 Å². The molecule has 0 amide bonds. The van der Waals surface area contributed by atoms with Crippen LogP contribution >= 0.6 is 0 Å². The maximum atomic E-state index is 9.54. The fourth-order valence-electron chi connectivity index (χ4n) is 1.47. The van der Waals surface area contributed by atoms with Gasteiger partial charge in [0.15, 0.2) is 0 Å². The van der Waals surface area contributed by atoms with E-state index in [0.717, 1.165) is 18.6 Å². The van der Waals surface area contributed by atoms with Gasteiger partial charge in [-0.15, -0.1) is 0 Å². The minimum Gasteiger partial charge on any atom is -0.463 e. The first kappa shape index (κ1) is 12.3. The lowest BCUT2D eigenvalue weighted by Crippen LogP contribution is -2.12. The smallest absolute Gasteiger partial charge is 0.137 e. The summed E-state index contributed by atoms with van der Waals surface area (Å²) in [6.07, 6.45) is 2.68. The first-order valence-corrected chi connectivity index (χ1v) is 5.60. The quantitative estimate of drug-likeness (QED) is 0.712. The molecule has 1 heterocycles. The zero-order valence-electron chi connectivity index (χ0n) is 9.44. The number of unbranched alkanes of at least 4 members (excludes halogenated alkanes) is 2. The summed E-state index contributed by atoms with van der Waals surface area (Å²) < 4.78 is 5.44. The van der Waals surface area contributed by atoms with Gasteiger partial charge in [-0.05, 0) is 25.5 Å². The van der Waals surface area contributed by atoms with Gasteiger partial charge in [0, 0.05) is 6.42 Å². The van der Waals surface area contributed by atoms with Crippen molar-refractivity contribution in [3.05, 3.63) is 23.7 Å². The zero-order valence-corrected chi connectivity index (χ0v) is 9.44. The summed E-state index contributed by atoms with van der Waals surface area (Å²) in [6.45, 7) is 3.70. The Balaban J connectivity index is 2.48. The molecule has 15 heavy (non-hydrogen) atoms. The van der Waals surface area contributed by atoms with E-state index < -0.39 is 12.2 Å². The largest absolute Gasteiger partial charge is 0.463 e. The standard InChI is InChI=1S/C12H20O3/c1-3-4-5-6-10-7-8-11(15-10)12(14)9(2)13/h7-9,12-14H,3-6H2,1-2H3/t9-,12-/m1/s1. The third-order valence-electron chi connectivity index (χ3n) is 2.46. The van der Waals surface area contributed by atoms with Gasteiger partial charge in [0.1, 0.15) is 17.6 Å². The normalized spacial score (nSPS) is 15.2. The van der Waals surface area contributed by atoms with Crippen LogP contribution in [0, 0.1) is 0 Å². The lowest BCUT2D eigenvalue weighted by Gasteiger charge is -2.09. The molecule has 0 saturated heterocycles. The summed E-state index contributed by atoms with van der Waals surface area (Å²) in [5.41, 5.74) is 0. The molecule has 0 saturated carbocycles. The molecule has 0 aliphatic heterocycles. The summed E-state index contributed by atoms with van der Waals surface area (Å²) >= 11 is 0. The molecule has 0 aromatic carbocycles. The molecule has 0 aliphatic carbocycles. The maximum Gasteiger partial charge on any atom is 0.137 e. The summed E-state index contributed by atoms with van der Waals surface area (Å²) in [4.78, 5) is 0. The monoisotopic (exact) mass is 212 g/mol. The second kappa shape index (κ2) is 5.93. The highest BCUT2D eigenvalue weighted by Gasteiger charge is 2.17. The van der Waals surface area contributed by atoms with Crippen LogP contribution in [0.15, 0.2) is 16.5 Å². The van der Waals surface area contributed by atoms with Crippen LogP contribution in [0.2, 0.25) is 0 Å². The zero-order chi connectivity index (χ0) is 11.3. The van der Waals surface area contributed by atoms with E-state index in [1.165, 1.54) is 12.8 Å². The van der Waals surface area contributed by atoms with Crippen LogP contribution < -0.4 is 0 Å². The van der Waals surface area contributed by atoms with Crippen molar-refractivity contribution in [2.45, 2.75) is 51.7 Å². The summed E-state index contributed by atoms with van der Waals surface area (Å²) in [7, 11) is 0. The van der Waals surface area contributed by atoms with E-state index >= 15 is 0 Å². The van der Waals surface area contributed by atoms with Gasteiger partial charge < -0.3 is 14.6 Å². The Kier molecular flexibility index (Phi) is 4.85. The van der Waals surface area contributed by atoms with E-state index in [2.05, 4.69) is 6.92 Å². The first-order chi connectivity index (χ1) is 7.15. The molecular formula is C12H20O3. The number of furan rings is 1. The summed E-state index contributed by atoms with van der Waals surface area (Å²) in [5.74, 6) is 1.34. The molecule has 3 heteroatoms. The minimum atomic E-state index is -0.912. The fourth-order valence-corrected chi connectivity index (χ4v) is 1.47. The molecule has 1 aromatic rings. The van der Waals surface area contributed by atoms with Gasteiger partial charge in [-0.3, -0.25) is 0 Å². The lowest BCUT2D eigenvalue weighted by molar-refractivity contribution is 0.0162. The van der Waals surface area contributed by atoms with Crippen molar-refractivity contribution in [2.75, 3.05) is 0 Å². The van der Waals surface area contributed by atoms with Crippen LogP contribution in [0.25, 0.3) is 0 Å². The van der Waals surface area contributed by atoms with E-state index in [9.17, 15) is 10.2 Å². The molecule has 0 spiro atoms. The lowest BCUT2D eigenvalue weighted by atomic mass is 10.2. The second-order valence-corrected chi connectivity index (χ2v) is 3.95. The fraction of sp³-hybridized carbons (Fsp3) is 0.667. The molecule has 3 nitrogen and oxygen atoms in total. The van der Waals surface area contributed by atoms with E-state index in [0.29, 0.717) is 5.76 Å². The van der Waals surface area contributed by atoms with Crippen LogP contribution in [0.4, 0.5) is 0 Å². The van der Waals surface area contributed by atoms with Crippen LogP contribution in [-0.4, -0.2) is 16.3 Å². The van der Waals surface area contributed by atoms with Crippen molar-refractivity contribution < 1.29 is 14.6 Å². The Morgan fingerprint density at radius 1 is 1.27 bits per heavy atom. The number of aliphatic hydroxyl groups excluding tert-OH is 2.